The highest BCUT2D eigenvalue weighted by Crippen LogP contribution is 2.51. The van der Waals surface area contributed by atoms with E-state index >= 15 is 0 Å². The van der Waals surface area contributed by atoms with E-state index in [4.69, 9.17) is 15.0 Å². The lowest BCUT2D eigenvalue weighted by atomic mass is 10.0. The van der Waals surface area contributed by atoms with E-state index in [2.05, 4.69) is 4.18 Å². The molecule has 0 heterocycles. The van der Waals surface area contributed by atoms with Crippen LogP contribution in [0.1, 0.15) is 53.3 Å². The first-order valence-corrected chi connectivity index (χ1v) is 12.2. The monoisotopic (exact) mass is 557 g/mol. The Labute approximate surface area is 194 Å². The SMILES string of the molecule is CC1(OC(=O)c2cc(OS(=O)(=O)C(F)(F)C(F)(F)C(F)(F)S(=O)(=O)O)cc(C(N)=O)c2)CCCC1. The summed E-state index contributed by atoms with van der Waals surface area (Å²) in [7, 11) is -14.4. The van der Waals surface area contributed by atoms with Crippen LogP contribution in [-0.2, 0) is 25.0 Å². The number of primary amides is 1. The van der Waals surface area contributed by atoms with Gasteiger partial charge in [-0.25, -0.2) is 4.79 Å². The van der Waals surface area contributed by atoms with Gasteiger partial charge >= 0.3 is 42.6 Å². The molecule has 1 saturated carbocycles. The molecule has 1 aliphatic carbocycles. The number of esters is 1. The first-order valence-electron chi connectivity index (χ1n) is 9.31. The van der Waals surface area contributed by atoms with Crippen molar-refractivity contribution in [3.63, 3.8) is 0 Å². The normalized spacial score (nSPS) is 17.1. The van der Waals surface area contributed by atoms with Gasteiger partial charge in [0.15, 0.2) is 0 Å². The smallest absolute Gasteiger partial charge is 0.450 e. The molecule has 1 aliphatic rings. The third kappa shape index (κ3) is 5.18. The van der Waals surface area contributed by atoms with Gasteiger partial charge in [0.25, 0.3) is 0 Å². The molecule has 0 unspecified atom stereocenters. The zero-order valence-corrected chi connectivity index (χ0v) is 19.1. The maximum atomic E-state index is 14.0. The van der Waals surface area contributed by atoms with Crippen molar-refractivity contribution in [2.45, 2.75) is 54.6 Å². The van der Waals surface area contributed by atoms with E-state index in [1.54, 1.807) is 6.92 Å². The summed E-state index contributed by atoms with van der Waals surface area (Å²) in [5.74, 6) is -11.2. The Morgan fingerprint density at radius 3 is 1.89 bits per heavy atom. The van der Waals surface area contributed by atoms with Gasteiger partial charge in [-0.1, -0.05) is 0 Å². The van der Waals surface area contributed by atoms with Gasteiger partial charge in [-0.2, -0.15) is 43.2 Å². The lowest BCUT2D eigenvalue weighted by Gasteiger charge is -2.29. The number of nitrogens with two attached hydrogens (primary N) is 1. The molecule has 2 rings (SSSR count). The number of carbonyl (C=O) groups is 2. The molecule has 0 saturated heterocycles. The Balaban J connectivity index is 2.50. The first kappa shape index (κ1) is 28.6. The predicted molar refractivity (Wildman–Crippen MR) is 103 cm³/mol. The van der Waals surface area contributed by atoms with Crippen molar-refractivity contribution in [1.29, 1.82) is 0 Å². The molecule has 35 heavy (non-hydrogen) atoms. The van der Waals surface area contributed by atoms with Gasteiger partial charge in [-0.15, -0.1) is 0 Å². The molecule has 1 fully saturated rings. The zero-order valence-electron chi connectivity index (χ0n) is 17.4. The number of ether oxygens (including phenoxy) is 1. The maximum absolute atomic E-state index is 14.0. The molecule has 1 amide bonds. The number of rotatable bonds is 9. The van der Waals surface area contributed by atoms with Gasteiger partial charge in [0.2, 0.25) is 5.91 Å². The van der Waals surface area contributed by atoms with E-state index in [1.807, 2.05) is 0 Å². The third-order valence-corrected chi connectivity index (χ3v) is 7.20. The lowest BCUT2D eigenvalue weighted by Crippen LogP contribution is -2.61. The van der Waals surface area contributed by atoms with Crippen molar-refractivity contribution in [3.8, 4) is 5.75 Å². The van der Waals surface area contributed by atoms with Crippen LogP contribution in [0.15, 0.2) is 18.2 Å². The molecule has 18 heteroatoms. The second-order valence-corrected chi connectivity index (χ2v) is 10.8. The summed E-state index contributed by atoms with van der Waals surface area (Å²) >= 11 is 0. The topological polar surface area (TPSA) is 167 Å². The van der Waals surface area contributed by atoms with Crippen LogP contribution in [0.2, 0.25) is 0 Å². The second-order valence-electron chi connectivity index (χ2n) is 7.78. The Hall–Kier alpha value is -2.60. The minimum absolute atomic E-state index is 0.309. The van der Waals surface area contributed by atoms with Crippen LogP contribution in [-0.4, -0.2) is 55.3 Å². The molecule has 1 aromatic carbocycles. The summed E-state index contributed by atoms with van der Waals surface area (Å²) in [4.78, 5) is 24.0. The highest BCUT2D eigenvalue weighted by atomic mass is 32.2. The fourth-order valence-corrected chi connectivity index (χ4v) is 4.50. The molecule has 1 aromatic rings. The van der Waals surface area contributed by atoms with Crippen LogP contribution in [0.5, 0.6) is 5.75 Å². The summed E-state index contributed by atoms with van der Waals surface area (Å²) in [6, 6.07) is 1.41. The number of alkyl halides is 6. The van der Waals surface area contributed by atoms with Gasteiger partial charge in [-0.05, 0) is 50.8 Å². The Bertz CT molecular complexity index is 1240. The number of benzene rings is 1. The van der Waals surface area contributed by atoms with Crippen molar-refractivity contribution >= 4 is 32.1 Å². The summed E-state index contributed by atoms with van der Waals surface area (Å²) < 4.78 is 144. The molecule has 0 atom stereocenters. The molecule has 0 aromatic heterocycles. The van der Waals surface area contributed by atoms with Crippen molar-refractivity contribution in [2.24, 2.45) is 5.73 Å². The van der Waals surface area contributed by atoms with E-state index in [1.165, 1.54) is 0 Å². The fourth-order valence-electron chi connectivity index (χ4n) is 3.08. The minimum atomic E-state index is -7.24. The van der Waals surface area contributed by atoms with Crippen LogP contribution >= 0.6 is 0 Å². The van der Waals surface area contributed by atoms with Crippen LogP contribution in [0.4, 0.5) is 26.3 Å². The summed E-state index contributed by atoms with van der Waals surface area (Å²) in [5, 5.41) is -13.9. The van der Waals surface area contributed by atoms with E-state index in [0.29, 0.717) is 37.8 Å². The predicted octanol–water partition coefficient (Wildman–Crippen LogP) is 2.69. The maximum Gasteiger partial charge on any atom is 0.450 e. The summed E-state index contributed by atoms with van der Waals surface area (Å²) in [6.07, 6.45) is 2.23. The van der Waals surface area contributed by atoms with Crippen LogP contribution < -0.4 is 9.92 Å². The quantitative estimate of drug-likeness (QED) is 0.201. The lowest BCUT2D eigenvalue weighted by molar-refractivity contribution is -0.247. The molecule has 0 spiro atoms. The first-order chi connectivity index (χ1) is 15.6. The van der Waals surface area contributed by atoms with Gasteiger partial charge in [0.05, 0.1) is 5.56 Å². The number of carbonyl (C=O) groups excluding carboxylic acids is 2. The number of halogens is 6. The number of hydrogen-bond acceptors (Lipinski definition) is 8. The van der Waals surface area contributed by atoms with E-state index in [9.17, 15) is 52.8 Å². The Morgan fingerprint density at radius 1 is 0.943 bits per heavy atom. The van der Waals surface area contributed by atoms with E-state index < -0.39 is 71.0 Å². The highest BCUT2D eigenvalue weighted by Gasteiger charge is 2.83. The number of amides is 1. The summed E-state index contributed by atoms with van der Waals surface area (Å²) in [5.41, 5.74) is 2.59. The fraction of sp³-hybridized carbons (Fsp3) is 0.529. The van der Waals surface area contributed by atoms with Crippen molar-refractivity contribution < 1.29 is 66.2 Å². The minimum Gasteiger partial charge on any atom is -0.456 e. The van der Waals surface area contributed by atoms with Crippen LogP contribution in [0, 0.1) is 0 Å². The molecule has 10 nitrogen and oxygen atoms in total. The van der Waals surface area contributed by atoms with Crippen LogP contribution in [0.25, 0.3) is 0 Å². The van der Waals surface area contributed by atoms with Crippen LogP contribution in [0.3, 0.4) is 0 Å². The Kier molecular flexibility index (Phi) is 7.21. The van der Waals surface area contributed by atoms with Crippen molar-refractivity contribution in [2.75, 3.05) is 0 Å². The number of hydrogen-bond donors (Lipinski definition) is 2. The second kappa shape index (κ2) is 8.81. The van der Waals surface area contributed by atoms with Gasteiger partial charge in [0, 0.05) is 5.56 Å². The van der Waals surface area contributed by atoms with Gasteiger partial charge in [-0.3, -0.25) is 9.35 Å². The molecular weight excluding hydrogens is 540 g/mol. The van der Waals surface area contributed by atoms with Crippen molar-refractivity contribution in [1.82, 2.24) is 0 Å². The van der Waals surface area contributed by atoms with E-state index in [-0.39, 0.29) is 0 Å². The molecule has 0 bridgehead atoms. The van der Waals surface area contributed by atoms with Gasteiger partial charge in [0.1, 0.15) is 11.4 Å². The molecule has 3 N–H and O–H groups in total. The zero-order chi connectivity index (χ0) is 27.3. The average molecular weight is 557 g/mol. The van der Waals surface area contributed by atoms with Gasteiger partial charge < -0.3 is 14.7 Å². The van der Waals surface area contributed by atoms with E-state index in [0.717, 1.165) is 6.07 Å². The molecule has 198 valence electrons. The Morgan fingerprint density at radius 2 is 1.43 bits per heavy atom. The largest absolute Gasteiger partial charge is 0.456 e. The standard InChI is InChI=1S/C17H17F6NO9S2/c1-14(4-2-3-5-14)32-13(26)10-6-9(12(24)25)7-11(8-10)33-35(30,31)17(22,23)15(18,19)16(20,21)34(27,28)29/h6-8H,2-5H2,1H3,(H2,24,25)(H,27,28,29). The molecule has 0 radical (unpaired) electrons. The highest BCUT2D eigenvalue weighted by molar-refractivity contribution is 7.88. The molecular formula is C17H17F6NO9S2. The average Bonchev–Trinajstić information content (AvgIpc) is 3.11. The summed E-state index contributed by atoms with van der Waals surface area (Å²) in [6.45, 7) is 1.55. The molecule has 0 aliphatic heterocycles. The van der Waals surface area contributed by atoms with Crippen molar-refractivity contribution in [3.05, 3.63) is 29.3 Å². The third-order valence-electron chi connectivity index (χ3n) is 5.00.